The lowest BCUT2D eigenvalue weighted by Crippen LogP contribution is -2.32. The van der Waals surface area contributed by atoms with Crippen LogP contribution < -0.4 is 15.4 Å². The minimum atomic E-state index is -4.23. The van der Waals surface area contributed by atoms with Crippen LogP contribution >= 0.6 is 34.8 Å². The van der Waals surface area contributed by atoms with Crippen molar-refractivity contribution in [1.82, 2.24) is 4.72 Å². The summed E-state index contributed by atoms with van der Waals surface area (Å²) in [5.41, 5.74) is 5.25. The first kappa shape index (κ1) is 22.5. The van der Waals surface area contributed by atoms with Gasteiger partial charge in [-0.25, -0.2) is 17.9 Å². The van der Waals surface area contributed by atoms with Crippen molar-refractivity contribution in [2.75, 3.05) is 25.2 Å². The summed E-state index contributed by atoms with van der Waals surface area (Å²) in [6, 6.07) is 5.83. The quantitative estimate of drug-likeness (QED) is 0.537. The van der Waals surface area contributed by atoms with Gasteiger partial charge < -0.3 is 15.6 Å². The molecule has 0 saturated carbocycles. The Hall–Kier alpha value is -1.75. The molecular weight excluding hydrogens is 453 g/mol. The topological polar surface area (TPSA) is 122 Å². The molecule has 0 heterocycles. The van der Waals surface area contributed by atoms with E-state index in [9.17, 15) is 18.3 Å². The first-order valence-electron chi connectivity index (χ1n) is 7.65. The zero-order valence-electron chi connectivity index (χ0n) is 14.4. The molecule has 0 aliphatic carbocycles. The first-order chi connectivity index (χ1) is 13.1. The first-order valence-corrected chi connectivity index (χ1v) is 10.3. The number of ether oxygens (including phenoxy) is 1. The second kappa shape index (κ2) is 9.17. The lowest BCUT2D eigenvalue weighted by Gasteiger charge is -2.24. The zero-order chi connectivity index (χ0) is 21.1. The van der Waals surface area contributed by atoms with Crippen LogP contribution in [0.4, 0.5) is 16.2 Å². The lowest BCUT2D eigenvalue weighted by molar-refractivity contribution is 0.204. The number of methoxy groups -OCH3 is 1. The van der Waals surface area contributed by atoms with Gasteiger partial charge in [0, 0.05) is 13.7 Å². The second-order valence-corrected chi connectivity index (χ2v) is 8.28. The number of nitrogens with one attached hydrogen (secondary N) is 1. The average Bonchev–Trinajstić information content (AvgIpc) is 2.60. The fraction of sp³-hybridized carbons (Fsp3) is 0.188. The van der Waals surface area contributed by atoms with Gasteiger partial charge in [0.1, 0.15) is 4.90 Å². The highest BCUT2D eigenvalue weighted by atomic mass is 35.5. The number of nitrogens with zero attached hydrogens (tertiary/aromatic N) is 1. The van der Waals surface area contributed by atoms with Gasteiger partial charge in [-0.3, -0.25) is 4.90 Å². The third-order valence-electron chi connectivity index (χ3n) is 3.56. The fourth-order valence-corrected chi connectivity index (χ4v) is 4.37. The molecule has 12 heteroatoms. The van der Waals surface area contributed by atoms with Gasteiger partial charge in [0.25, 0.3) is 0 Å². The van der Waals surface area contributed by atoms with Crippen LogP contribution in [0, 0.1) is 0 Å². The number of urea groups is 1. The largest absolute Gasteiger partial charge is 0.504 e. The Kier molecular flexibility index (Phi) is 7.38. The smallest absolute Gasteiger partial charge is 0.324 e. The summed E-state index contributed by atoms with van der Waals surface area (Å²) in [6.45, 7) is 0.0430. The molecule has 0 spiro atoms. The number of primary amides is 1. The minimum Gasteiger partial charge on any atom is -0.504 e. The third kappa shape index (κ3) is 4.62. The number of halogens is 3. The molecule has 0 fully saturated rings. The van der Waals surface area contributed by atoms with Gasteiger partial charge in [0.05, 0.1) is 33.0 Å². The molecule has 0 unspecified atom stereocenters. The van der Waals surface area contributed by atoms with Gasteiger partial charge in [-0.1, -0.05) is 40.9 Å². The summed E-state index contributed by atoms with van der Waals surface area (Å²) < 4.78 is 32.1. The molecule has 0 atom stereocenters. The molecule has 0 radical (unpaired) electrons. The van der Waals surface area contributed by atoms with Gasteiger partial charge >= 0.3 is 6.03 Å². The minimum absolute atomic E-state index is 0.0139. The summed E-state index contributed by atoms with van der Waals surface area (Å²) in [6.07, 6.45) is 0. The van der Waals surface area contributed by atoms with E-state index in [-0.39, 0.29) is 39.6 Å². The standard InChI is InChI=1S/C16H16Cl3N3O5S/c1-27-8-7-21-28(25,26)15-10(18)5-6-12(14(15)23)22(16(20)24)11-4-2-3-9(17)13(11)19/h2-6,21,23H,7-8H2,1H3,(H2,20,24). The van der Waals surface area contributed by atoms with Crippen LogP contribution in [0.15, 0.2) is 35.2 Å². The van der Waals surface area contributed by atoms with Crippen molar-refractivity contribution in [3.8, 4) is 5.75 Å². The lowest BCUT2D eigenvalue weighted by atomic mass is 10.2. The van der Waals surface area contributed by atoms with Gasteiger partial charge in [0.2, 0.25) is 10.0 Å². The van der Waals surface area contributed by atoms with Crippen LogP contribution in [0.25, 0.3) is 0 Å². The number of nitrogens with two attached hydrogens (primary N) is 1. The normalized spacial score (nSPS) is 11.4. The van der Waals surface area contributed by atoms with Crippen LogP contribution in [0.5, 0.6) is 5.75 Å². The second-order valence-electron chi connectivity index (χ2n) is 5.38. The summed E-state index contributed by atoms with van der Waals surface area (Å²) in [5, 5.41) is 10.5. The highest BCUT2D eigenvalue weighted by Crippen LogP contribution is 2.43. The Labute approximate surface area is 176 Å². The molecule has 4 N–H and O–H groups in total. The summed E-state index contributed by atoms with van der Waals surface area (Å²) in [5.74, 6) is -0.785. The molecule has 2 rings (SSSR count). The molecule has 2 amide bonds. The number of anilines is 2. The number of carbonyl (C=O) groups excluding carboxylic acids is 1. The van der Waals surface area contributed by atoms with Crippen molar-refractivity contribution < 1.29 is 23.1 Å². The molecule has 2 aromatic rings. The van der Waals surface area contributed by atoms with E-state index in [1.54, 1.807) is 0 Å². The Balaban J connectivity index is 2.65. The van der Waals surface area contributed by atoms with E-state index in [0.29, 0.717) is 0 Å². The van der Waals surface area contributed by atoms with Crippen LogP contribution in [-0.2, 0) is 14.8 Å². The summed E-state index contributed by atoms with van der Waals surface area (Å²) >= 11 is 18.1. The molecule has 0 saturated heterocycles. The van der Waals surface area contributed by atoms with E-state index in [4.69, 9.17) is 45.3 Å². The molecule has 0 aromatic heterocycles. The number of rotatable bonds is 7. The third-order valence-corrected chi connectivity index (χ3v) is 6.33. The van der Waals surface area contributed by atoms with Crippen molar-refractivity contribution in [3.05, 3.63) is 45.4 Å². The van der Waals surface area contributed by atoms with Crippen molar-refractivity contribution in [2.45, 2.75) is 4.90 Å². The number of sulfonamides is 1. The van der Waals surface area contributed by atoms with E-state index in [1.807, 2.05) is 0 Å². The molecule has 0 aliphatic heterocycles. The fourth-order valence-electron chi connectivity index (χ4n) is 2.35. The summed E-state index contributed by atoms with van der Waals surface area (Å²) in [4.78, 5) is 12.3. The Morgan fingerprint density at radius 1 is 1.18 bits per heavy atom. The Morgan fingerprint density at radius 2 is 1.86 bits per heavy atom. The van der Waals surface area contributed by atoms with Crippen molar-refractivity contribution >= 4 is 62.2 Å². The number of phenolic OH excluding ortho intramolecular Hbond substituents is 1. The van der Waals surface area contributed by atoms with E-state index in [2.05, 4.69) is 4.72 Å². The molecule has 8 nitrogen and oxygen atoms in total. The number of aromatic hydroxyl groups is 1. The highest BCUT2D eigenvalue weighted by Gasteiger charge is 2.29. The monoisotopic (exact) mass is 467 g/mol. The average molecular weight is 469 g/mol. The molecule has 2 aromatic carbocycles. The molecular formula is C16H16Cl3N3O5S. The van der Waals surface area contributed by atoms with Gasteiger partial charge in [-0.2, -0.15) is 0 Å². The van der Waals surface area contributed by atoms with Crippen LogP contribution in [0.2, 0.25) is 15.1 Å². The number of hydrogen-bond acceptors (Lipinski definition) is 5. The number of benzene rings is 2. The highest BCUT2D eigenvalue weighted by molar-refractivity contribution is 7.89. The number of amides is 2. The van der Waals surface area contributed by atoms with E-state index in [1.165, 1.54) is 37.4 Å². The van der Waals surface area contributed by atoms with Gasteiger partial charge in [0.15, 0.2) is 5.75 Å². The maximum atomic E-state index is 12.6. The molecule has 0 aliphatic rings. The van der Waals surface area contributed by atoms with E-state index in [0.717, 1.165) is 4.90 Å². The van der Waals surface area contributed by atoms with Crippen molar-refractivity contribution in [2.24, 2.45) is 5.73 Å². The van der Waals surface area contributed by atoms with Crippen LogP contribution in [0.1, 0.15) is 0 Å². The number of phenols is 1. The Bertz CT molecular complexity index is 1000. The van der Waals surface area contributed by atoms with Crippen LogP contribution in [-0.4, -0.2) is 39.8 Å². The number of hydrogen-bond donors (Lipinski definition) is 3. The van der Waals surface area contributed by atoms with Crippen molar-refractivity contribution in [1.29, 1.82) is 0 Å². The molecule has 152 valence electrons. The van der Waals surface area contributed by atoms with Gasteiger partial charge in [-0.15, -0.1) is 0 Å². The van der Waals surface area contributed by atoms with Gasteiger partial charge in [-0.05, 0) is 24.3 Å². The Morgan fingerprint density at radius 3 is 2.46 bits per heavy atom. The zero-order valence-corrected chi connectivity index (χ0v) is 17.5. The molecule has 0 bridgehead atoms. The van der Waals surface area contributed by atoms with E-state index >= 15 is 0 Å². The SMILES string of the molecule is COCCNS(=O)(=O)c1c(Cl)ccc(N(C(N)=O)c2cccc(Cl)c2Cl)c1O. The number of carbonyl (C=O) groups is 1. The van der Waals surface area contributed by atoms with Crippen LogP contribution in [0.3, 0.4) is 0 Å². The predicted molar refractivity (Wildman–Crippen MR) is 108 cm³/mol. The maximum absolute atomic E-state index is 12.6. The summed E-state index contributed by atoms with van der Waals surface area (Å²) in [7, 11) is -2.82. The van der Waals surface area contributed by atoms with E-state index < -0.39 is 26.7 Å². The predicted octanol–water partition coefficient (Wildman–Crippen LogP) is 3.49. The van der Waals surface area contributed by atoms with Crippen molar-refractivity contribution in [3.63, 3.8) is 0 Å². The molecule has 28 heavy (non-hydrogen) atoms. The maximum Gasteiger partial charge on any atom is 0.324 e.